The van der Waals surface area contributed by atoms with Gasteiger partial charge in [0.05, 0.1) is 13.2 Å². The molecule has 1 heteroatoms. The maximum Gasteiger partial charge on any atom is 0.0647 e. The fourth-order valence-electron chi connectivity index (χ4n) is 0.668. The maximum atomic E-state index is 5.41. The summed E-state index contributed by atoms with van der Waals surface area (Å²) in [5.74, 6) is 0. The molecule has 0 saturated heterocycles. The first-order chi connectivity index (χ1) is 5.06. The first kappa shape index (κ1) is 10.7. The van der Waals surface area contributed by atoms with Crippen LogP contribution in [0.1, 0.15) is 34.1 Å². The number of allylic oxidation sites excluding steroid dienone is 1. The van der Waals surface area contributed by atoms with Gasteiger partial charge in [0.1, 0.15) is 0 Å². The molecule has 1 nitrogen and oxygen atoms in total. The molecular formula is C10H20O. The predicted octanol–water partition coefficient (Wildman–Crippen LogP) is 3.02. The molecule has 0 heterocycles. The fraction of sp³-hybridized carbons (Fsp3) is 0.800. The van der Waals surface area contributed by atoms with Gasteiger partial charge in [-0.3, -0.25) is 0 Å². The summed E-state index contributed by atoms with van der Waals surface area (Å²) in [5, 5.41) is 0. The molecular weight excluding hydrogens is 136 g/mol. The van der Waals surface area contributed by atoms with Crippen molar-refractivity contribution in [2.75, 3.05) is 13.2 Å². The highest BCUT2D eigenvalue weighted by Gasteiger charge is 2.08. The minimum atomic E-state index is 0.292. The molecule has 0 amide bonds. The van der Waals surface area contributed by atoms with Crippen LogP contribution in [0.5, 0.6) is 0 Å². The van der Waals surface area contributed by atoms with Gasteiger partial charge in [0.2, 0.25) is 0 Å². The monoisotopic (exact) mass is 156 g/mol. The van der Waals surface area contributed by atoms with Gasteiger partial charge < -0.3 is 4.74 Å². The molecule has 0 aromatic rings. The van der Waals surface area contributed by atoms with E-state index >= 15 is 0 Å². The van der Waals surface area contributed by atoms with Gasteiger partial charge in [-0.25, -0.2) is 0 Å². The molecule has 0 aliphatic rings. The van der Waals surface area contributed by atoms with E-state index in [1.54, 1.807) is 0 Å². The molecule has 0 aliphatic carbocycles. The second-order valence-corrected chi connectivity index (χ2v) is 3.96. The van der Waals surface area contributed by atoms with Gasteiger partial charge in [-0.05, 0) is 11.8 Å². The van der Waals surface area contributed by atoms with Crippen molar-refractivity contribution >= 4 is 0 Å². The minimum absolute atomic E-state index is 0.292. The summed E-state index contributed by atoms with van der Waals surface area (Å²) < 4.78 is 5.41. The zero-order chi connectivity index (χ0) is 8.74. The third kappa shape index (κ3) is 9.70. The lowest BCUT2D eigenvalue weighted by atomic mass is 9.99. The summed E-state index contributed by atoms with van der Waals surface area (Å²) in [4.78, 5) is 0. The van der Waals surface area contributed by atoms with Gasteiger partial charge in [-0.15, -0.1) is 0 Å². The molecule has 66 valence electrons. The number of hydrogen-bond donors (Lipinski definition) is 0. The quantitative estimate of drug-likeness (QED) is 0.449. The summed E-state index contributed by atoms with van der Waals surface area (Å²) in [6.45, 7) is 10.2. The smallest absolute Gasteiger partial charge is 0.0647 e. The summed E-state index contributed by atoms with van der Waals surface area (Å²) in [5.41, 5.74) is 0.292. The molecule has 0 unspecified atom stereocenters. The van der Waals surface area contributed by atoms with Crippen LogP contribution in [0.25, 0.3) is 0 Å². The number of ether oxygens (including phenoxy) is 1. The Kier molecular flexibility index (Phi) is 5.22. The van der Waals surface area contributed by atoms with Crippen LogP contribution in [0, 0.1) is 5.41 Å². The van der Waals surface area contributed by atoms with Crippen LogP contribution in [0.15, 0.2) is 12.2 Å². The Bertz CT molecular complexity index is 109. The maximum absolute atomic E-state index is 5.41. The summed E-state index contributed by atoms with van der Waals surface area (Å²) in [6.07, 6.45) is 5.30. The van der Waals surface area contributed by atoms with Gasteiger partial charge >= 0.3 is 0 Å². The van der Waals surface area contributed by atoms with Crippen LogP contribution < -0.4 is 0 Å². The highest BCUT2D eigenvalue weighted by molar-refractivity contribution is 4.79. The molecule has 0 fully saturated rings. The Labute approximate surface area is 70.4 Å². The van der Waals surface area contributed by atoms with E-state index < -0.39 is 0 Å². The van der Waals surface area contributed by atoms with Crippen LogP contribution in [-0.2, 0) is 4.74 Å². The van der Waals surface area contributed by atoms with E-state index in [1.807, 2.05) is 0 Å². The van der Waals surface area contributed by atoms with Crippen molar-refractivity contribution in [2.45, 2.75) is 34.1 Å². The van der Waals surface area contributed by atoms with Crippen LogP contribution in [0.3, 0.4) is 0 Å². The molecule has 0 aliphatic heterocycles. The van der Waals surface area contributed by atoms with E-state index in [0.29, 0.717) is 5.41 Å². The zero-order valence-electron chi connectivity index (χ0n) is 8.18. The van der Waals surface area contributed by atoms with Gasteiger partial charge in [0.15, 0.2) is 0 Å². The minimum Gasteiger partial charge on any atom is -0.377 e. The van der Waals surface area contributed by atoms with E-state index in [2.05, 4.69) is 39.8 Å². The predicted molar refractivity (Wildman–Crippen MR) is 49.7 cm³/mol. The second-order valence-electron chi connectivity index (χ2n) is 3.96. The Balaban J connectivity index is 3.21. The van der Waals surface area contributed by atoms with Gasteiger partial charge in [0.25, 0.3) is 0 Å². The molecule has 0 saturated carbocycles. The second kappa shape index (κ2) is 5.36. The third-order valence-corrected chi connectivity index (χ3v) is 1.15. The first-order valence-electron chi connectivity index (χ1n) is 4.29. The lowest BCUT2D eigenvalue weighted by molar-refractivity contribution is 0.0909. The highest BCUT2D eigenvalue weighted by Crippen LogP contribution is 2.12. The fourth-order valence-corrected chi connectivity index (χ4v) is 0.668. The summed E-state index contributed by atoms with van der Waals surface area (Å²) in [6, 6.07) is 0. The van der Waals surface area contributed by atoms with Crippen molar-refractivity contribution in [3.63, 3.8) is 0 Å². The van der Waals surface area contributed by atoms with Crippen LogP contribution >= 0.6 is 0 Å². The van der Waals surface area contributed by atoms with Gasteiger partial charge in [0, 0.05) is 0 Å². The molecule has 0 rings (SSSR count). The lowest BCUT2D eigenvalue weighted by Crippen LogP contribution is -2.14. The van der Waals surface area contributed by atoms with E-state index in [-0.39, 0.29) is 0 Å². The first-order valence-corrected chi connectivity index (χ1v) is 4.29. The standard InChI is InChI=1S/C10H20O/c1-5-6-7-8-11-9-10(2,3)4/h6-7H,5,8-9H2,1-4H3/b7-6+. The van der Waals surface area contributed by atoms with Gasteiger partial charge in [-0.2, -0.15) is 0 Å². The van der Waals surface area contributed by atoms with Crippen molar-refractivity contribution < 1.29 is 4.74 Å². The summed E-state index contributed by atoms with van der Waals surface area (Å²) >= 11 is 0. The third-order valence-electron chi connectivity index (χ3n) is 1.15. The van der Waals surface area contributed by atoms with Gasteiger partial charge in [-0.1, -0.05) is 39.8 Å². The van der Waals surface area contributed by atoms with Crippen molar-refractivity contribution in [3.05, 3.63) is 12.2 Å². The number of hydrogen-bond acceptors (Lipinski definition) is 1. The van der Waals surface area contributed by atoms with E-state index in [4.69, 9.17) is 4.74 Å². The molecule has 0 aromatic carbocycles. The average Bonchev–Trinajstić information content (AvgIpc) is 1.85. The Morgan fingerprint density at radius 1 is 1.18 bits per heavy atom. The highest BCUT2D eigenvalue weighted by atomic mass is 16.5. The van der Waals surface area contributed by atoms with Crippen LogP contribution in [-0.4, -0.2) is 13.2 Å². The molecule has 0 bridgehead atoms. The average molecular weight is 156 g/mol. The van der Waals surface area contributed by atoms with Crippen molar-refractivity contribution in [3.8, 4) is 0 Å². The van der Waals surface area contributed by atoms with E-state index in [0.717, 1.165) is 19.6 Å². The van der Waals surface area contributed by atoms with Crippen molar-refractivity contribution in [1.82, 2.24) is 0 Å². The van der Waals surface area contributed by atoms with E-state index in [1.165, 1.54) is 0 Å². The Morgan fingerprint density at radius 3 is 2.27 bits per heavy atom. The molecule has 0 aromatic heterocycles. The molecule has 0 atom stereocenters. The van der Waals surface area contributed by atoms with Crippen molar-refractivity contribution in [2.24, 2.45) is 5.41 Å². The topological polar surface area (TPSA) is 9.23 Å². The lowest BCUT2D eigenvalue weighted by Gasteiger charge is -2.16. The molecule has 0 spiro atoms. The molecule has 0 radical (unpaired) electrons. The Hall–Kier alpha value is -0.300. The number of rotatable bonds is 4. The van der Waals surface area contributed by atoms with Crippen molar-refractivity contribution in [1.29, 1.82) is 0 Å². The largest absolute Gasteiger partial charge is 0.377 e. The Morgan fingerprint density at radius 2 is 1.82 bits per heavy atom. The van der Waals surface area contributed by atoms with Crippen LogP contribution in [0.2, 0.25) is 0 Å². The summed E-state index contributed by atoms with van der Waals surface area (Å²) in [7, 11) is 0. The zero-order valence-corrected chi connectivity index (χ0v) is 8.18. The molecule has 0 N–H and O–H groups in total. The SMILES string of the molecule is CC/C=C/COCC(C)(C)C. The normalized spacial score (nSPS) is 12.7. The van der Waals surface area contributed by atoms with Crippen LogP contribution in [0.4, 0.5) is 0 Å². The van der Waals surface area contributed by atoms with E-state index in [9.17, 15) is 0 Å². The molecule has 11 heavy (non-hydrogen) atoms.